The number of hydrogen-bond donors (Lipinski definition) is 1. The van der Waals surface area contributed by atoms with Crippen molar-refractivity contribution in [3.05, 3.63) is 23.8 Å². The molecule has 0 atom stereocenters. The highest BCUT2D eigenvalue weighted by atomic mass is 16.2. The van der Waals surface area contributed by atoms with Gasteiger partial charge in [0.25, 0.3) is 0 Å². The molecule has 0 bridgehead atoms. The van der Waals surface area contributed by atoms with Crippen LogP contribution in [0.4, 0.5) is 10.6 Å². The molecule has 0 spiro atoms. The number of fused-ring (bicyclic) bond motifs is 1. The molecule has 0 radical (unpaired) electrons. The zero-order chi connectivity index (χ0) is 14.3. The first kappa shape index (κ1) is 12.7. The predicted molar refractivity (Wildman–Crippen MR) is 75.6 cm³/mol. The van der Waals surface area contributed by atoms with E-state index in [0.29, 0.717) is 18.8 Å². The number of imide groups is 1. The van der Waals surface area contributed by atoms with Gasteiger partial charge >= 0.3 is 6.03 Å². The molecule has 1 aliphatic heterocycles. The van der Waals surface area contributed by atoms with E-state index >= 15 is 0 Å². The van der Waals surface area contributed by atoms with Crippen LogP contribution in [0.5, 0.6) is 0 Å². The molecule has 104 valence electrons. The average molecular weight is 272 g/mol. The molecule has 0 saturated carbocycles. The van der Waals surface area contributed by atoms with E-state index in [0.717, 1.165) is 17.3 Å². The summed E-state index contributed by atoms with van der Waals surface area (Å²) in [6.45, 7) is 2.47. The number of aromatic nitrogens is 2. The Labute approximate surface area is 116 Å². The molecule has 6 heteroatoms. The number of amides is 3. The zero-order valence-corrected chi connectivity index (χ0v) is 11.5. The summed E-state index contributed by atoms with van der Waals surface area (Å²) in [5, 5.41) is 7.68. The van der Waals surface area contributed by atoms with Crippen LogP contribution in [-0.4, -0.2) is 28.3 Å². The highest BCUT2D eigenvalue weighted by Crippen LogP contribution is 2.27. The number of hydrogen-bond acceptors (Lipinski definition) is 3. The van der Waals surface area contributed by atoms with E-state index in [4.69, 9.17) is 0 Å². The number of rotatable bonds is 2. The molecule has 1 N–H and O–H groups in total. The van der Waals surface area contributed by atoms with Crippen LogP contribution < -0.4 is 10.2 Å². The van der Waals surface area contributed by atoms with Crippen molar-refractivity contribution < 1.29 is 9.59 Å². The quantitative estimate of drug-likeness (QED) is 0.902. The Morgan fingerprint density at radius 2 is 2.15 bits per heavy atom. The van der Waals surface area contributed by atoms with Crippen molar-refractivity contribution in [2.75, 3.05) is 11.4 Å². The highest BCUT2D eigenvalue weighted by molar-refractivity contribution is 6.08. The maximum absolute atomic E-state index is 11.9. The van der Waals surface area contributed by atoms with E-state index in [9.17, 15) is 9.59 Å². The second-order valence-electron chi connectivity index (χ2n) is 4.91. The number of urea groups is 1. The van der Waals surface area contributed by atoms with Gasteiger partial charge in [0.15, 0.2) is 5.82 Å². The van der Waals surface area contributed by atoms with Crippen molar-refractivity contribution >= 4 is 28.7 Å². The zero-order valence-electron chi connectivity index (χ0n) is 11.5. The van der Waals surface area contributed by atoms with Crippen LogP contribution in [0, 0.1) is 0 Å². The van der Waals surface area contributed by atoms with E-state index in [2.05, 4.69) is 23.4 Å². The summed E-state index contributed by atoms with van der Waals surface area (Å²) in [5.74, 6) is 0.370. The molecule has 20 heavy (non-hydrogen) atoms. The minimum atomic E-state index is -0.402. The summed E-state index contributed by atoms with van der Waals surface area (Å²) >= 11 is 0. The van der Waals surface area contributed by atoms with Gasteiger partial charge in [0.05, 0.1) is 5.52 Å². The minimum absolute atomic E-state index is 0.236. The summed E-state index contributed by atoms with van der Waals surface area (Å²) in [7, 11) is 1.86. The smallest absolute Gasteiger partial charge is 0.278 e. The normalized spacial score (nSPS) is 15.8. The first-order valence-electron chi connectivity index (χ1n) is 6.67. The summed E-state index contributed by atoms with van der Waals surface area (Å²) < 4.78 is 1.77. The van der Waals surface area contributed by atoms with Crippen molar-refractivity contribution in [3.63, 3.8) is 0 Å². The molecule has 6 nitrogen and oxygen atoms in total. The monoisotopic (exact) mass is 272 g/mol. The van der Waals surface area contributed by atoms with Gasteiger partial charge in [-0.3, -0.25) is 19.7 Å². The van der Waals surface area contributed by atoms with E-state index < -0.39 is 6.03 Å². The van der Waals surface area contributed by atoms with Gasteiger partial charge in [-0.05, 0) is 24.1 Å². The van der Waals surface area contributed by atoms with Gasteiger partial charge in [-0.2, -0.15) is 5.10 Å². The van der Waals surface area contributed by atoms with Crippen molar-refractivity contribution in [2.24, 2.45) is 7.05 Å². The van der Waals surface area contributed by atoms with Gasteiger partial charge in [-0.25, -0.2) is 4.79 Å². The summed E-state index contributed by atoms with van der Waals surface area (Å²) in [5.41, 5.74) is 2.22. The van der Waals surface area contributed by atoms with E-state index in [1.807, 2.05) is 19.2 Å². The fraction of sp³-hybridized carbons (Fsp3) is 0.357. The molecular weight excluding hydrogens is 256 g/mol. The van der Waals surface area contributed by atoms with Crippen molar-refractivity contribution in [1.29, 1.82) is 0 Å². The lowest BCUT2D eigenvalue weighted by molar-refractivity contribution is -0.120. The van der Waals surface area contributed by atoms with E-state index in [1.165, 1.54) is 10.5 Å². The molecule has 3 rings (SSSR count). The number of nitrogens with zero attached hydrogens (tertiary/aromatic N) is 3. The number of carbonyl (C=O) groups is 2. The van der Waals surface area contributed by atoms with Crippen LogP contribution in [0.1, 0.15) is 18.9 Å². The van der Waals surface area contributed by atoms with Gasteiger partial charge in [0.2, 0.25) is 5.91 Å². The third-order valence-corrected chi connectivity index (χ3v) is 3.61. The molecule has 1 fully saturated rings. The molecule has 2 aromatic rings. The third kappa shape index (κ3) is 1.93. The van der Waals surface area contributed by atoms with Crippen molar-refractivity contribution in [2.45, 2.75) is 19.8 Å². The van der Waals surface area contributed by atoms with Crippen LogP contribution in [0.3, 0.4) is 0 Å². The molecule has 1 aromatic heterocycles. The second kappa shape index (κ2) is 4.63. The van der Waals surface area contributed by atoms with Crippen LogP contribution in [0.2, 0.25) is 0 Å². The standard InChI is InChI=1S/C14H16N4O2/c1-3-9-4-5-10-11(8-9)17(2)16-13(10)18-7-6-12(19)15-14(18)20/h4-5,8H,3,6-7H2,1-2H3,(H,15,19,20). The van der Waals surface area contributed by atoms with Gasteiger partial charge in [0.1, 0.15) is 0 Å². The first-order valence-corrected chi connectivity index (χ1v) is 6.67. The van der Waals surface area contributed by atoms with Crippen molar-refractivity contribution in [1.82, 2.24) is 15.1 Å². The van der Waals surface area contributed by atoms with Gasteiger partial charge in [-0.1, -0.05) is 13.0 Å². The molecular formula is C14H16N4O2. The predicted octanol–water partition coefficient (Wildman–Crippen LogP) is 1.58. The van der Waals surface area contributed by atoms with E-state index in [1.54, 1.807) is 4.68 Å². The number of aryl methyl sites for hydroxylation is 2. The summed E-state index contributed by atoms with van der Waals surface area (Å²) in [6, 6.07) is 5.71. The van der Waals surface area contributed by atoms with Gasteiger partial charge < -0.3 is 0 Å². The van der Waals surface area contributed by atoms with Crippen LogP contribution in [0.25, 0.3) is 10.9 Å². The lowest BCUT2D eigenvalue weighted by Gasteiger charge is -2.24. The Balaban J connectivity index is 2.08. The largest absolute Gasteiger partial charge is 0.329 e. The lowest BCUT2D eigenvalue weighted by atomic mass is 10.1. The third-order valence-electron chi connectivity index (χ3n) is 3.61. The summed E-state index contributed by atoms with van der Waals surface area (Å²) in [6.07, 6.45) is 1.26. The Hall–Kier alpha value is -2.37. The molecule has 1 aromatic carbocycles. The lowest BCUT2D eigenvalue weighted by Crippen LogP contribution is -2.49. The first-order chi connectivity index (χ1) is 9.60. The van der Waals surface area contributed by atoms with Gasteiger partial charge in [-0.15, -0.1) is 0 Å². The Kier molecular flexibility index (Phi) is 2.93. The van der Waals surface area contributed by atoms with E-state index in [-0.39, 0.29) is 5.91 Å². The number of carbonyl (C=O) groups excluding carboxylic acids is 2. The van der Waals surface area contributed by atoms with Crippen LogP contribution in [0.15, 0.2) is 18.2 Å². The van der Waals surface area contributed by atoms with Crippen molar-refractivity contribution in [3.8, 4) is 0 Å². The molecule has 2 heterocycles. The average Bonchev–Trinajstić information content (AvgIpc) is 2.75. The number of nitrogens with one attached hydrogen (secondary N) is 1. The Bertz CT molecular complexity index is 705. The molecule has 1 aliphatic rings. The molecule has 0 aliphatic carbocycles. The van der Waals surface area contributed by atoms with Crippen LogP contribution >= 0.6 is 0 Å². The minimum Gasteiger partial charge on any atom is -0.278 e. The Morgan fingerprint density at radius 1 is 1.35 bits per heavy atom. The van der Waals surface area contributed by atoms with Gasteiger partial charge in [0, 0.05) is 25.4 Å². The summed E-state index contributed by atoms with van der Waals surface area (Å²) in [4.78, 5) is 24.7. The molecule has 1 saturated heterocycles. The number of benzene rings is 1. The fourth-order valence-corrected chi connectivity index (χ4v) is 2.47. The molecule has 0 unspecified atom stereocenters. The fourth-order valence-electron chi connectivity index (χ4n) is 2.47. The highest BCUT2D eigenvalue weighted by Gasteiger charge is 2.27. The maximum atomic E-state index is 11.9. The maximum Gasteiger partial charge on any atom is 0.329 e. The molecule has 3 amide bonds. The van der Waals surface area contributed by atoms with Crippen LogP contribution in [-0.2, 0) is 18.3 Å². The Morgan fingerprint density at radius 3 is 2.85 bits per heavy atom. The SMILES string of the molecule is CCc1ccc2c(N3CCC(=O)NC3=O)nn(C)c2c1. The second-order valence-corrected chi connectivity index (χ2v) is 4.91. The number of anilines is 1. The topological polar surface area (TPSA) is 67.2 Å².